The molecule has 0 spiro atoms. The van der Waals surface area contributed by atoms with Gasteiger partial charge in [0.05, 0.1) is 5.41 Å². The predicted octanol–water partition coefficient (Wildman–Crippen LogP) is 3.69. The number of rotatable bonds is 3. The van der Waals surface area contributed by atoms with Gasteiger partial charge in [-0.2, -0.15) is 0 Å². The second-order valence-electron chi connectivity index (χ2n) is 4.68. The quantitative estimate of drug-likeness (QED) is 0.669. The molecule has 2 heteroatoms. The predicted molar refractivity (Wildman–Crippen MR) is 62.7 cm³/mol. The number of carbonyl (C=O) groups excluding carboxylic acids is 1. The molecule has 0 N–H and O–H groups in total. The summed E-state index contributed by atoms with van der Waals surface area (Å²) in [4.78, 5) is 11.4. The molecule has 2 aliphatic rings. The molecule has 3 unspecified atom stereocenters. The van der Waals surface area contributed by atoms with E-state index in [1.165, 1.54) is 11.1 Å². The zero-order valence-corrected chi connectivity index (χ0v) is 10.3. The normalized spacial score (nSPS) is 36.7. The molecule has 3 atom stereocenters. The number of allylic oxidation sites excluding steroid dienone is 4. The smallest absolute Gasteiger partial charge is 0.228 e. The molecule has 0 amide bonds. The van der Waals surface area contributed by atoms with Crippen molar-refractivity contribution in [3.63, 3.8) is 0 Å². The molecule has 0 aliphatic heterocycles. The molecule has 82 valence electrons. The van der Waals surface area contributed by atoms with E-state index in [0.29, 0.717) is 11.8 Å². The van der Waals surface area contributed by atoms with E-state index in [0.717, 1.165) is 12.8 Å². The van der Waals surface area contributed by atoms with Crippen LogP contribution in [0.2, 0.25) is 0 Å². The summed E-state index contributed by atoms with van der Waals surface area (Å²) in [7, 11) is 0. The van der Waals surface area contributed by atoms with Gasteiger partial charge in [-0.25, -0.2) is 0 Å². The Morgan fingerprint density at radius 1 is 1.47 bits per heavy atom. The maximum atomic E-state index is 11.4. The number of carbonyl (C=O) groups is 1. The third kappa shape index (κ3) is 1.32. The fourth-order valence-electron chi connectivity index (χ4n) is 2.93. The van der Waals surface area contributed by atoms with E-state index < -0.39 is 0 Å². The lowest BCUT2D eigenvalue weighted by Crippen LogP contribution is -2.11. The standard InChI is InChI=1S/C13H17ClO/c1-4-8(5-2)9-6-7-10-11(9)13(10,3)12(14)15/h6-7,10-11H,4-5H2,1-3H3. The molecule has 0 heterocycles. The first-order chi connectivity index (χ1) is 7.07. The molecular weight excluding hydrogens is 208 g/mol. The van der Waals surface area contributed by atoms with E-state index in [-0.39, 0.29) is 10.7 Å². The van der Waals surface area contributed by atoms with Crippen molar-refractivity contribution in [3.05, 3.63) is 23.3 Å². The molecule has 0 bridgehead atoms. The Balaban J connectivity index is 2.33. The zero-order chi connectivity index (χ0) is 11.2. The summed E-state index contributed by atoms with van der Waals surface area (Å²) >= 11 is 5.68. The average molecular weight is 225 g/mol. The minimum absolute atomic E-state index is 0.175. The Labute approximate surface area is 96.2 Å². The average Bonchev–Trinajstić information content (AvgIpc) is 2.60. The first-order valence-electron chi connectivity index (χ1n) is 5.67. The van der Waals surface area contributed by atoms with E-state index in [4.69, 9.17) is 11.6 Å². The summed E-state index contributed by atoms with van der Waals surface area (Å²) in [5.74, 6) is 0.739. The maximum absolute atomic E-state index is 11.4. The topological polar surface area (TPSA) is 17.1 Å². The molecule has 2 aliphatic carbocycles. The lowest BCUT2D eigenvalue weighted by molar-refractivity contribution is -0.116. The highest BCUT2D eigenvalue weighted by molar-refractivity contribution is 6.65. The lowest BCUT2D eigenvalue weighted by Gasteiger charge is -2.11. The van der Waals surface area contributed by atoms with Crippen LogP contribution in [-0.4, -0.2) is 5.24 Å². The molecule has 1 nitrogen and oxygen atoms in total. The van der Waals surface area contributed by atoms with Gasteiger partial charge in [0.15, 0.2) is 0 Å². The van der Waals surface area contributed by atoms with Gasteiger partial charge in [-0.1, -0.05) is 38.5 Å². The van der Waals surface area contributed by atoms with Crippen LogP contribution in [0.25, 0.3) is 0 Å². The van der Waals surface area contributed by atoms with Gasteiger partial charge >= 0.3 is 0 Å². The Morgan fingerprint density at radius 3 is 2.47 bits per heavy atom. The van der Waals surface area contributed by atoms with Crippen LogP contribution in [0.1, 0.15) is 33.6 Å². The van der Waals surface area contributed by atoms with Crippen molar-refractivity contribution in [2.75, 3.05) is 0 Å². The third-order valence-corrected chi connectivity index (χ3v) is 4.50. The summed E-state index contributed by atoms with van der Waals surface area (Å²) in [6, 6.07) is 0. The number of hydrogen-bond acceptors (Lipinski definition) is 1. The molecule has 15 heavy (non-hydrogen) atoms. The number of fused-ring (bicyclic) bond motifs is 1. The molecule has 2 rings (SSSR count). The zero-order valence-electron chi connectivity index (χ0n) is 9.51. The fraction of sp³-hybridized carbons (Fsp3) is 0.615. The van der Waals surface area contributed by atoms with Crippen molar-refractivity contribution in [2.45, 2.75) is 33.6 Å². The molecule has 0 saturated heterocycles. The van der Waals surface area contributed by atoms with Crippen LogP contribution >= 0.6 is 11.6 Å². The molecule has 0 aromatic heterocycles. The Hall–Kier alpha value is -0.560. The number of halogens is 1. The Bertz CT molecular complexity index is 361. The number of hydrogen-bond donors (Lipinski definition) is 0. The van der Waals surface area contributed by atoms with Gasteiger partial charge in [-0.15, -0.1) is 0 Å². The molecule has 1 saturated carbocycles. The summed E-state index contributed by atoms with van der Waals surface area (Å²) in [6.45, 7) is 6.34. The van der Waals surface area contributed by atoms with Crippen molar-refractivity contribution >= 4 is 16.8 Å². The van der Waals surface area contributed by atoms with Gasteiger partial charge < -0.3 is 0 Å². The maximum Gasteiger partial charge on any atom is 0.228 e. The minimum Gasteiger partial charge on any atom is -0.281 e. The Morgan fingerprint density at radius 2 is 2.07 bits per heavy atom. The molecule has 1 fully saturated rings. The summed E-state index contributed by atoms with van der Waals surface area (Å²) in [5, 5.41) is -0.175. The largest absolute Gasteiger partial charge is 0.281 e. The van der Waals surface area contributed by atoms with Crippen LogP contribution in [0.4, 0.5) is 0 Å². The molecule has 0 aromatic carbocycles. The Kier molecular flexibility index (Phi) is 2.54. The summed E-state index contributed by atoms with van der Waals surface area (Å²) in [6.07, 6.45) is 6.50. The second-order valence-corrected chi connectivity index (χ2v) is 5.03. The highest BCUT2D eigenvalue weighted by atomic mass is 35.5. The SMILES string of the molecule is CCC(CC)=C1C=CC2C1C2(C)C(=O)Cl. The van der Waals surface area contributed by atoms with Gasteiger partial charge in [0.2, 0.25) is 5.24 Å². The highest BCUT2D eigenvalue weighted by Crippen LogP contribution is 2.67. The van der Waals surface area contributed by atoms with Gasteiger partial charge in [0.25, 0.3) is 0 Å². The van der Waals surface area contributed by atoms with Crippen molar-refractivity contribution < 1.29 is 4.79 Å². The van der Waals surface area contributed by atoms with Crippen molar-refractivity contribution in [3.8, 4) is 0 Å². The first kappa shape index (κ1) is 10.9. The highest BCUT2D eigenvalue weighted by Gasteiger charge is 2.67. The fourth-order valence-corrected chi connectivity index (χ4v) is 3.18. The second kappa shape index (κ2) is 3.48. The van der Waals surface area contributed by atoms with Crippen LogP contribution < -0.4 is 0 Å². The lowest BCUT2D eigenvalue weighted by atomic mass is 9.94. The van der Waals surface area contributed by atoms with Crippen LogP contribution in [0, 0.1) is 17.3 Å². The van der Waals surface area contributed by atoms with E-state index in [1.54, 1.807) is 0 Å². The van der Waals surface area contributed by atoms with Gasteiger partial charge in [-0.3, -0.25) is 4.79 Å². The van der Waals surface area contributed by atoms with Crippen molar-refractivity contribution in [1.29, 1.82) is 0 Å². The van der Waals surface area contributed by atoms with Crippen molar-refractivity contribution in [2.24, 2.45) is 17.3 Å². The summed E-state index contributed by atoms with van der Waals surface area (Å²) in [5.41, 5.74) is 2.54. The van der Waals surface area contributed by atoms with E-state index in [9.17, 15) is 4.79 Å². The van der Waals surface area contributed by atoms with Crippen LogP contribution in [-0.2, 0) is 4.79 Å². The van der Waals surface area contributed by atoms with Crippen LogP contribution in [0.5, 0.6) is 0 Å². The first-order valence-corrected chi connectivity index (χ1v) is 6.05. The van der Waals surface area contributed by atoms with Crippen molar-refractivity contribution in [1.82, 2.24) is 0 Å². The molecule has 0 radical (unpaired) electrons. The van der Waals surface area contributed by atoms with Crippen LogP contribution in [0.15, 0.2) is 23.3 Å². The van der Waals surface area contributed by atoms with E-state index in [1.807, 2.05) is 6.92 Å². The van der Waals surface area contributed by atoms with Gasteiger partial charge in [-0.05, 0) is 35.9 Å². The molecule has 0 aromatic rings. The van der Waals surface area contributed by atoms with E-state index in [2.05, 4.69) is 26.0 Å². The van der Waals surface area contributed by atoms with Gasteiger partial charge in [0.1, 0.15) is 0 Å². The monoisotopic (exact) mass is 224 g/mol. The minimum atomic E-state index is -0.304. The van der Waals surface area contributed by atoms with Gasteiger partial charge in [0, 0.05) is 5.92 Å². The third-order valence-electron chi connectivity index (χ3n) is 4.09. The van der Waals surface area contributed by atoms with Crippen LogP contribution in [0.3, 0.4) is 0 Å². The molecular formula is C13H17ClO. The van der Waals surface area contributed by atoms with E-state index >= 15 is 0 Å². The summed E-state index contributed by atoms with van der Waals surface area (Å²) < 4.78 is 0.